The van der Waals surface area contributed by atoms with Crippen LogP contribution in [-0.4, -0.2) is 24.1 Å². The first kappa shape index (κ1) is 12.8. The van der Waals surface area contributed by atoms with Gasteiger partial charge in [0.05, 0.1) is 6.21 Å². The third-order valence-corrected chi connectivity index (χ3v) is 3.12. The number of halogens is 1. The first-order valence-electron chi connectivity index (χ1n) is 5.55. The van der Waals surface area contributed by atoms with E-state index in [9.17, 15) is 9.59 Å². The van der Waals surface area contributed by atoms with E-state index in [0.717, 1.165) is 22.9 Å². The normalized spacial score (nSPS) is 14.5. The number of carbonyl (C=O) groups is 2. The van der Waals surface area contributed by atoms with Crippen molar-refractivity contribution in [3.63, 3.8) is 0 Å². The largest absolute Gasteiger partial charge is 0.345 e. The van der Waals surface area contributed by atoms with E-state index < -0.39 is 11.8 Å². The van der Waals surface area contributed by atoms with Crippen molar-refractivity contribution >= 4 is 34.0 Å². The minimum Gasteiger partial charge on any atom is -0.345 e. The van der Waals surface area contributed by atoms with Crippen LogP contribution < -0.4 is 10.7 Å². The Labute approximate surface area is 113 Å². The molecular weight excluding hydrogens is 298 g/mol. The van der Waals surface area contributed by atoms with Gasteiger partial charge in [-0.2, -0.15) is 5.10 Å². The molecule has 0 spiro atoms. The summed E-state index contributed by atoms with van der Waals surface area (Å²) in [4.78, 5) is 22.6. The van der Waals surface area contributed by atoms with E-state index in [4.69, 9.17) is 0 Å². The summed E-state index contributed by atoms with van der Waals surface area (Å²) in [5.74, 6) is -1.38. The highest BCUT2D eigenvalue weighted by Crippen LogP contribution is 2.18. The molecule has 94 valence electrons. The van der Waals surface area contributed by atoms with E-state index >= 15 is 0 Å². The second-order valence-electron chi connectivity index (χ2n) is 3.97. The molecule has 1 aliphatic rings. The molecule has 1 aromatic carbocycles. The molecule has 0 radical (unpaired) electrons. The maximum Gasteiger partial charge on any atom is 0.329 e. The molecule has 0 atom stereocenters. The molecule has 2 rings (SSSR count). The molecular formula is C12H12BrN3O2. The summed E-state index contributed by atoms with van der Waals surface area (Å²) in [6, 6.07) is 7.60. The number of hydrogen-bond acceptors (Lipinski definition) is 3. The van der Waals surface area contributed by atoms with Crippen molar-refractivity contribution in [1.82, 2.24) is 10.7 Å². The van der Waals surface area contributed by atoms with Crippen LogP contribution in [0.15, 0.2) is 33.8 Å². The van der Waals surface area contributed by atoms with Crippen LogP contribution in [0.4, 0.5) is 0 Å². The summed E-state index contributed by atoms with van der Waals surface area (Å²) in [5.41, 5.74) is 3.01. The van der Waals surface area contributed by atoms with E-state index in [-0.39, 0.29) is 6.04 Å². The molecule has 1 fully saturated rings. The second-order valence-corrected chi connectivity index (χ2v) is 4.82. The molecule has 0 saturated heterocycles. The molecule has 18 heavy (non-hydrogen) atoms. The van der Waals surface area contributed by atoms with Gasteiger partial charge < -0.3 is 5.32 Å². The Kier molecular flexibility index (Phi) is 4.09. The van der Waals surface area contributed by atoms with E-state index in [0.29, 0.717) is 0 Å². The molecule has 1 aromatic rings. The zero-order chi connectivity index (χ0) is 13.0. The lowest BCUT2D eigenvalue weighted by atomic mass is 10.2. The van der Waals surface area contributed by atoms with Crippen LogP contribution >= 0.6 is 15.9 Å². The van der Waals surface area contributed by atoms with Gasteiger partial charge in [-0.15, -0.1) is 0 Å². The fourth-order valence-corrected chi connectivity index (χ4v) is 1.66. The van der Waals surface area contributed by atoms with Crippen molar-refractivity contribution in [3.8, 4) is 0 Å². The summed E-state index contributed by atoms with van der Waals surface area (Å²) >= 11 is 3.35. The fourth-order valence-electron chi connectivity index (χ4n) is 1.27. The topological polar surface area (TPSA) is 70.6 Å². The summed E-state index contributed by atoms with van der Waals surface area (Å²) < 4.78 is 0.866. The maximum absolute atomic E-state index is 11.3. The monoisotopic (exact) mass is 309 g/mol. The average Bonchev–Trinajstić information content (AvgIpc) is 3.15. The van der Waals surface area contributed by atoms with Gasteiger partial charge in [0.1, 0.15) is 0 Å². The van der Waals surface area contributed by atoms with Gasteiger partial charge in [0, 0.05) is 16.1 Å². The minimum absolute atomic E-state index is 0.162. The van der Waals surface area contributed by atoms with Gasteiger partial charge in [-0.1, -0.05) is 34.1 Å². The molecule has 1 aliphatic carbocycles. The zero-order valence-corrected chi connectivity index (χ0v) is 11.1. The van der Waals surface area contributed by atoms with Gasteiger partial charge in [-0.05, 0) is 18.9 Å². The SMILES string of the molecule is O=C(N/N=C\c1ccccc1Br)C(=O)NC1CC1. The molecule has 1 saturated carbocycles. The van der Waals surface area contributed by atoms with Crippen molar-refractivity contribution in [2.45, 2.75) is 18.9 Å². The number of hydrogen-bond donors (Lipinski definition) is 2. The number of nitrogens with zero attached hydrogens (tertiary/aromatic N) is 1. The average molecular weight is 310 g/mol. The first-order valence-corrected chi connectivity index (χ1v) is 6.34. The molecule has 0 aromatic heterocycles. The molecule has 0 heterocycles. The fraction of sp³-hybridized carbons (Fsp3) is 0.250. The molecule has 6 heteroatoms. The number of nitrogens with one attached hydrogen (secondary N) is 2. The summed E-state index contributed by atoms with van der Waals surface area (Å²) in [6.07, 6.45) is 3.37. The Morgan fingerprint density at radius 1 is 1.28 bits per heavy atom. The third kappa shape index (κ3) is 3.66. The highest BCUT2D eigenvalue weighted by molar-refractivity contribution is 9.10. The predicted octanol–water partition coefficient (Wildman–Crippen LogP) is 1.18. The van der Waals surface area contributed by atoms with Gasteiger partial charge in [0.2, 0.25) is 0 Å². The number of rotatable bonds is 3. The quantitative estimate of drug-likeness (QED) is 0.500. The Balaban J connectivity index is 1.85. The summed E-state index contributed by atoms with van der Waals surface area (Å²) in [7, 11) is 0. The molecule has 0 aliphatic heterocycles. The highest BCUT2D eigenvalue weighted by Gasteiger charge is 2.26. The number of amides is 2. The summed E-state index contributed by atoms with van der Waals surface area (Å²) in [6.45, 7) is 0. The van der Waals surface area contributed by atoms with Crippen molar-refractivity contribution in [2.75, 3.05) is 0 Å². The van der Waals surface area contributed by atoms with Crippen LogP contribution in [0.1, 0.15) is 18.4 Å². The minimum atomic E-state index is -0.745. The van der Waals surface area contributed by atoms with Crippen LogP contribution in [-0.2, 0) is 9.59 Å². The number of benzene rings is 1. The Hall–Kier alpha value is -1.69. The standard InChI is InChI=1S/C12H12BrN3O2/c13-10-4-2-1-3-8(10)7-14-16-12(18)11(17)15-9-5-6-9/h1-4,7,9H,5-6H2,(H,15,17)(H,16,18)/b14-7-. The lowest BCUT2D eigenvalue weighted by Crippen LogP contribution is -2.38. The van der Waals surface area contributed by atoms with Crippen LogP contribution in [0.3, 0.4) is 0 Å². The smallest absolute Gasteiger partial charge is 0.329 e. The van der Waals surface area contributed by atoms with Crippen LogP contribution in [0.25, 0.3) is 0 Å². The molecule has 5 nitrogen and oxygen atoms in total. The summed E-state index contributed by atoms with van der Waals surface area (Å²) in [5, 5.41) is 6.32. The van der Waals surface area contributed by atoms with Gasteiger partial charge in [0.15, 0.2) is 0 Å². The molecule has 2 N–H and O–H groups in total. The van der Waals surface area contributed by atoms with Gasteiger partial charge >= 0.3 is 11.8 Å². The van der Waals surface area contributed by atoms with Crippen molar-refractivity contribution in [1.29, 1.82) is 0 Å². The Morgan fingerprint density at radius 3 is 2.67 bits per heavy atom. The predicted molar refractivity (Wildman–Crippen MR) is 71.0 cm³/mol. The van der Waals surface area contributed by atoms with E-state index in [1.165, 1.54) is 6.21 Å². The Bertz CT molecular complexity index is 498. The lowest BCUT2D eigenvalue weighted by Gasteiger charge is -2.01. The van der Waals surface area contributed by atoms with Crippen molar-refractivity contribution < 1.29 is 9.59 Å². The lowest BCUT2D eigenvalue weighted by molar-refractivity contribution is -0.139. The van der Waals surface area contributed by atoms with E-state index in [1.807, 2.05) is 24.3 Å². The third-order valence-electron chi connectivity index (χ3n) is 2.39. The van der Waals surface area contributed by atoms with Crippen molar-refractivity contribution in [2.24, 2.45) is 5.10 Å². The molecule has 0 bridgehead atoms. The maximum atomic E-state index is 11.3. The first-order chi connectivity index (χ1) is 8.66. The van der Waals surface area contributed by atoms with Crippen molar-refractivity contribution in [3.05, 3.63) is 34.3 Å². The van der Waals surface area contributed by atoms with E-state index in [1.54, 1.807) is 0 Å². The van der Waals surface area contributed by atoms with Crippen LogP contribution in [0.5, 0.6) is 0 Å². The Morgan fingerprint density at radius 2 is 2.00 bits per heavy atom. The molecule has 0 unspecified atom stereocenters. The van der Waals surface area contributed by atoms with E-state index in [2.05, 4.69) is 31.8 Å². The van der Waals surface area contributed by atoms with Crippen LogP contribution in [0.2, 0.25) is 0 Å². The second kappa shape index (κ2) is 5.77. The zero-order valence-electron chi connectivity index (χ0n) is 9.52. The number of carbonyl (C=O) groups excluding carboxylic acids is 2. The number of hydrazone groups is 1. The van der Waals surface area contributed by atoms with Crippen LogP contribution in [0, 0.1) is 0 Å². The highest BCUT2D eigenvalue weighted by atomic mass is 79.9. The molecule has 2 amide bonds. The van der Waals surface area contributed by atoms with Gasteiger partial charge in [0.25, 0.3) is 0 Å². The van der Waals surface area contributed by atoms with Gasteiger partial charge in [-0.25, -0.2) is 5.43 Å². The van der Waals surface area contributed by atoms with Gasteiger partial charge in [-0.3, -0.25) is 9.59 Å².